The summed E-state index contributed by atoms with van der Waals surface area (Å²) in [6.45, 7) is 7.60. The molecule has 1 amide bonds. The Labute approximate surface area is 129 Å². The molecular weight excluding hydrogens is 317 g/mol. The minimum Gasteiger partial charge on any atom is -0.336 e. The molecule has 0 aliphatic carbocycles. The van der Waals surface area contributed by atoms with Crippen LogP contribution in [-0.2, 0) is 9.05 Å². The number of hydrogen-bond acceptors (Lipinski definition) is 3. The lowest BCUT2D eigenvalue weighted by molar-refractivity contribution is 0.0705. The summed E-state index contributed by atoms with van der Waals surface area (Å²) in [7, 11) is 0.979. The van der Waals surface area contributed by atoms with Crippen molar-refractivity contribution < 1.29 is 17.6 Å². The molecule has 0 saturated carbocycles. The van der Waals surface area contributed by atoms with E-state index < -0.39 is 19.8 Å². The Morgan fingerprint density at radius 1 is 1.38 bits per heavy atom. The van der Waals surface area contributed by atoms with E-state index in [4.69, 9.17) is 10.7 Å². The average molecular weight is 336 g/mol. The number of benzene rings is 1. The van der Waals surface area contributed by atoms with Crippen LogP contribution in [-0.4, -0.2) is 31.8 Å². The summed E-state index contributed by atoms with van der Waals surface area (Å²) >= 11 is 0. The Morgan fingerprint density at radius 3 is 2.38 bits per heavy atom. The fourth-order valence-electron chi connectivity index (χ4n) is 2.04. The standard InChI is InChI=1S/C14H19ClFNO3S/c1-5-6-17(9(2)3)14(18)11-7-10(4)13(16)12(8-11)21(15,19)20/h7-9H,5-6H2,1-4H3. The maximum absolute atomic E-state index is 13.9. The molecule has 0 atom stereocenters. The quantitative estimate of drug-likeness (QED) is 0.776. The lowest BCUT2D eigenvalue weighted by atomic mass is 10.1. The highest BCUT2D eigenvalue weighted by Gasteiger charge is 2.24. The monoisotopic (exact) mass is 335 g/mol. The molecule has 0 radical (unpaired) electrons. The van der Waals surface area contributed by atoms with Crippen LogP contribution in [0.3, 0.4) is 0 Å². The van der Waals surface area contributed by atoms with Crippen LogP contribution < -0.4 is 0 Å². The van der Waals surface area contributed by atoms with Crippen molar-refractivity contribution in [3.63, 3.8) is 0 Å². The van der Waals surface area contributed by atoms with Crippen molar-refractivity contribution >= 4 is 25.6 Å². The summed E-state index contributed by atoms with van der Waals surface area (Å²) < 4.78 is 36.7. The fourth-order valence-corrected chi connectivity index (χ4v) is 3.02. The van der Waals surface area contributed by atoms with E-state index in [0.717, 1.165) is 12.5 Å². The first kappa shape index (κ1) is 17.9. The van der Waals surface area contributed by atoms with Gasteiger partial charge in [-0.1, -0.05) is 6.92 Å². The molecular formula is C14H19ClFNO3S. The molecule has 0 heterocycles. The molecule has 0 spiro atoms. The van der Waals surface area contributed by atoms with Gasteiger partial charge in [-0.15, -0.1) is 0 Å². The van der Waals surface area contributed by atoms with Gasteiger partial charge in [-0.2, -0.15) is 0 Å². The molecule has 7 heteroatoms. The van der Waals surface area contributed by atoms with Crippen molar-refractivity contribution in [2.75, 3.05) is 6.54 Å². The third kappa shape index (κ3) is 4.17. The second-order valence-corrected chi connectivity index (χ2v) is 7.67. The SMILES string of the molecule is CCCN(C(=O)c1cc(C)c(F)c(S(=O)(=O)Cl)c1)C(C)C. The van der Waals surface area contributed by atoms with Crippen molar-refractivity contribution in [1.29, 1.82) is 0 Å². The van der Waals surface area contributed by atoms with E-state index >= 15 is 0 Å². The van der Waals surface area contributed by atoms with E-state index in [-0.39, 0.29) is 23.1 Å². The summed E-state index contributed by atoms with van der Waals surface area (Å²) in [5.74, 6) is -1.26. The minimum atomic E-state index is -4.24. The Bertz CT molecular complexity index is 644. The Kier molecular flexibility index (Phi) is 5.75. The van der Waals surface area contributed by atoms with E-state index in [2.05, 4.69) is 0 Å². The van der Waals surface area contributed by atoms with E-state index in [9.17, 15) is 17.6 Å². The molecule has 0 bridgehead atoms. The van der Waals surface area contributed by atoms with Gasteiger partial charge in [0.2, 0.25) is 0 Å². The minimum absolute atomic E-state index is 0.0427. The van der Waals surface area contributed by atoms with Gasteiger partial charge in [-0.25, -0.2) is 12.8 Å². The number of amides is 1. The highest BCUT2D eigenvalue weighted by atomic mass is 35.7. The summed E-state index contributed by atoms with van der Waals surface area (Å²) in [4.78, 5) is 13.4. The van der Waals surface area contributed by atoms with Gasteiger partial charge in [0.05, 0.1) is 0 Å². The molecule has 1 rings (SSSR count). The van der Waals surface area contributed by atoms with E-state index in [1.165, 1.54) is 13.0 Å². The first-order valence-corrected chi connectivity index (χ1v) is 8.96. The van der Waals surface area contributed by atoms with E-state index in [1.54, 1.807) is 4.90 Å². The number of carbonyl (C=O) groups is 1. The number of halogens is 2. The van der Waals surface area contributed by atoms with Gasteiger partial charge in [-0.05, 0) is 44.9 Å². The van der Waals surface area contributed by atoms with Crippen LogP contribution in [0.1, 0.15) is 43.1 Å². The van der Waals surface area contributed by atoms with Crippen molar-refractivity contribution in [1.82, 2.24) is 4.90 Å². The largest absolute Gasteiger partial charge is 0.336 e. The molecule has 0 aromatic heterocycles. The number of hydrogen-bond donors (Lipinski definition) is 0. The lowest BCUT2D eigenvalue weighted by Crippen LogP contribution is -2.37. The molecule has 0 N–H and O–H groups in total. The van der Waals surface area contributed by atoms with Crippen molar-refractivity contribution in [3.05, 3.63) is 29.1 Å². The van der Waals surface area contributed by atoms with Gasteiger partial charge in [-0.3, -0.25) is 4.79 Å². The third-order valence-corrected chi connectivity index (χ3v) is 4.40. The molecule has 1 aromatic rings. The summed E-state index contributed by atoms with van der Waals surface area (Å²) in [5.41, 5.74) is 0.190. The topological polar surface area (TPSA) is 54.5 Å². The molecule has 1 aromatic carbocycles. The maximum Gasteiger partial charge on any atom is 0.264 e. The van der Waals surface area contributed by atoms with Gasteiger partial charge in [0.1, 0.15) is 10.7 Å². The van der Waals surface area contributed by atoms with Crippen molar-refractivity contribution in [3.8, 4) is 0 Å². The van der Waals surface area contributed by atoms with Crippen LogP contribution in [0.25, 0.3) is 0 Å². The molecule has 0 aliphatic rings. The normalized spacial score (nSPS) is 11.8. The van der Waals surface area contributed by atoms with Gasteiger partial charge >= 0.3 is 0 Å². The zero-order chi connectivity index (χ0) is 16.4. The predicted molar refractivity (Wildman–Crippen MR) is 80.6 cm³/mol. The van der Waals surface area contributed by atoms with E-state index in [0.29, 0.717) is 6.54 Å². The van der Waals surface area contributed by atoms with Gasteiger partial charge in [0.25, 0.3) is 15.0 Å². The van der Waals surface area contributed by atoms with Crippen LogP contribution in [0.5, 0.6) is 0 Å². The van der Waals surface area contributed by atoms with Crippen molar-refractivity contribution in [2.24, 2.45) is 0 Å². The molecule has 4 nitrogen and oxygen atoms in total. The predicted octanol–water partition coefficient (Wildman–Crippen LogP) is 3.32. The zero-order valence-corrected chi connectivity index (χ0v) is 14.1. The Balaban J connectivity index is 3.38. The summed E-state index contributed by atoms with van der Waals surface area (Å²) in [6.07, 6.45) is 0.769. The van der Waals surface area contributed by atoms with Crippen LogP contribution in [0.4, 0.5) is 4.39 Å². The molecule has 0 aliphatic heterocycles. The van der Waals surface area contributed by atoms with Crippen LogP contribution in [0.2, 0.25) is 0 Å². The second kappa shape index (κ2) is 6.75. The zero-order valence-electron chi connectivity index (χ0n) is 12.5. The Hall–Kier alpha value is -1.14. The first-order chi connectivity index (χ1) is 9.59. The van der Waals surface area contributed by atoms with Gasteiger partial charge < -0.3 is 4.90 Å². The number of carbonyl (C=O) groups excluding carboxylic acids is 1. The highest BCUT2D eigenvalue weighted by Crippen LogP contribution is 2.24. The summed E-state index contributed by atoms with van der Waals surface area (Å²) in [6, 6.07) is 2.30. The second-order valence-electron chi connectivity index (χ2n) is 5.14. The van der Waals surface area contributed by atoms with Crippen molar-refractivity contribution in [2.45, 2.75) is 45.1 Å². The highest BCUT2D eigenvalue weighted by molar-refractivity contribution is 8.13. The number of aryl methyl sites for hydroxylation is 1. The number of nitrogens with zero attached hydrogens (tertiary/aromatic N) is 1. The molecule has 0 saturated heterocycles. The first-order valence-electron chi connectivity index (χ1n) is 6.65. The fraction of sp³-hybridized carbons (Fsp3) is 0.500. The van der Waals surface area contributed by atoms with Crippen LogP contribution >= 0.6 is 10.7 Å². The Morgan fingerprint density at radius 2 is 1.95 bits per heavy atom. The summed E-state index contributed by atoms with van der Waals surface area (Å²) in [5, 5.41) is 0. The van der Waals surface area contributed by atoms with Crippen LogP contribution in [0.15, 0.2) is 17.0 Å². The van der Waals surface area contributed by atoms with E-state index in [1.807, 2.05) is 20.8 Å². The molecule has 0 fully saturated rings. The molecule has 118 valence electrons. The lowest BCUT2D eigenvalue weighted by Gasteiger charge is -2.26. The molecule has 21 heavy (non-hydrogen) atoms. The molecule has 0 unspecified atom stereocenters. The van der Waals surface area contributed by atoms with Gasteiger partial charge in [0.15, 0.2) is 0 Å². The number of rotatable bonds is 5. The maximum atomic E-state index is 13.9. The average Bonchev–Trinajstić information content (AvgIpc) is 2.36. The smallest absolute Gasteiger partial charge is 0.264 e. The van der Waals surface area contributed by atoms with Gasteiger partial charge in [0, 0.05) is 28.8 Å². The van der Waals surface area contributed by atoms with Crippen LogP contribution in [0, 0.1) is 12.7 Å². The third-order valence-electron chi connectivity index (χ3n) is 3.08.